The fourth-order valence-corrected chi connectivity index (χ4v) is 5.20. The van der Waals surface area contributed by atoms with Crippen molar-refractivity contribution in [3.63, 3.8) is 0 Å². The van der Waals surface area contributed by atoms with Gasteiger partial charge in [0.2, 0.25) is 5.91 Å². The lowest BCUT2D eigenvalue weighted by Gasteiger charge is -2.28. The van der Waals surface area contributed by atoms with Crippen molar-refractivity contribution in [2.75, 3.05) is 26.3 Å². The van der Waals surface area contributed by atoms with E-state index in [1.54, 1.807) is 13.0 Å². The summed E-state index contributed by atoms with van der Waals surface area (Å²) in [6.07, 6.45) is 3.26. The minimum absolute atomic E-state index is 0.147. The number of nitrogens with zero attached hydrogens (tertiary/aromatic N) is 1. The van der Waals surface area contributed by atoms with Gasteiger partial charge < -0.3 is 24.5 Å². The first-order valence-electron chi connectivity index (χ1n) is 13.8. The van der Waals surface area contributed by atoms with Crippen LogP contribution >= 0.6 is 0 Å². The highest BCUT2D eigenvalue weighted by Crippen LogP contribution is 2.37. The van der Waals surface area contributed by atoms with Gasteiger partial charge in [0.15, 0.2) is 0 Å². The van der Waals surface area contributed by atoms with Crippen LogP contribution in [0.1, 0.15) is 72.5 Å². The molecule has 0 atom stereocenters. The summed E-state index contributed by atoms with van der Waals surface area (Å²) in [5, 5.41) is 14.0. The maximum absolute atomic E-state index is 12.7. The highest BCUT2D eigenvalue weighted by molar-refractivity contribution is 5.95. The second-order valence-electron chi connectivity index (χ2n) is 11.0. The summed E-state index contributed by atoms with van der Waals surface area (Å²) in [4.78, 5) is 27.0. The highest BCUT2D eigenvalue weighted by Gasteiger charge is 2.23. The number of aryl methyl sites for hydroxylation is 2. The quantitative estimate of drug-likeness (QED) is 0.318. The van der Waals surface area contributed by atoms with Gasteiger partial charge in [-0.1, -0.05) is 56.7 Å². The lowest BCUT2D eigenvalue weighted by Crippen LogP contribution is -2.40. The number of aromatic hydroxyl groups is 1. The molecule has 7 nitrogen and oxygen atoms in total. The van der Waals surface area contributed by atoms with Crippen molar-refractivity contribution in [2.45, 2.75) is 65.3 Å². The lowest BCUT2D eigenvalue weighted by atomic mass is 9.79. The first-order chi connectivity index (χ1) is 18.7. The second kappa shape index (κ2) is 12.5. The molecule has 208 valence electrons. The molecule has 2 heterocycles. The molecule has 1 aliphatic rings. The van der Waals surface area contributed by atoms with Crippen LogP contribution in [0.5, 0.6) is 5.75 Å². The van der Waals surface area contributed by atoms with Gasteiger partial charge in [0.1, 0.15) is 17.3 Å². The largest absolute Gasteiger partial charge is 0.507 e. The maximum atomic E-state index is 12.7. The number of rotatable bonds is 10. The van der Waals surface area contributed by atoms with Crippen LogP contribution in [0.3, 0.4) is 0 Å². The van der Waals surface area contributed by atoms with Crippen LogP contribution in [-0.2, 0) is 21.5 Å². The molecular weight excluding hydrogens is 492 g/mol. The van der Waals surface area contributed by atoms with Gasteiger partial charge >= 0.3 is 0 Å². The molecule has 7 heteroatoms. The number of phenols is 1. The van der Waals surface area contributed by atoms with E-state index in [4.69, 9.17) is 9.15 Å². The lowest BCUT2D eigenvalue weighted by molar-refractivity contribution is -0.135. The number of morpholine rings is 1. The van der Waals surface area contributed by atoms with Crippen LogP contribution in [0.25, 0.3) is 11.1 Å². The topological polar surface area (TPSA) is 92.0 Å². The number of benzene rings is 2. The molecule has 0 bridgehead atoms. The normalized spacial score (nSPS) is 13.9. The molecule has 2 amide bonds. The number of phenolic OH excluding ortho intramolecular Hbond substituents is 1. The molecule has 1 saturated heterocycles. The Morgan fingerprint density at radius 3 is 2.44 bits per heavy atom. The zero-order chi connectivity index (χ0) is 28.0. The predicted octanol–water partition coefficient (Wildman–Crippen LogP) is 5.90. The molecule has 0 aliphatic carbocycles. The number of furan rings is 1. The zero-order valence-electron chi connectivity index (χ0n) is 23.5. The standard InChI is InChI=1S/C32H40N2O5/c1-22-19-28(23(2)39-22)31(37)33-21-24-9-5-6-10-26(24)27-13-12-25(20-29(27)35)32(3,4)14-8-7-11-30(36)34-15-17-38-18-16-34/h5-6,9-10,12-13,19-20,35H,7-8,11,14-18,21H2,1-4H3,(H,33,37). The van der Waals surface area contributed by atoms with Crippen molar-refractivity contribution in [3.8, 4) is 16.9 Å². The van der Waals surface area contributed by atoms with Gasteiger partial charge in [0.25, 0.3) is 5.91 Å². The smallest absolute Gasteiger partial charge is 0.255 e. The fourth-order valence-electron chi connectivity index (χ4n) is 5.20. The van der Waals surface area contributed by atoms with E-state index in [-0.39, 0.29) is 23.0 Å². The number of ether oxygens (including phenoxy) is 1. The van der Waals surface area contributed by atoms with Gasteiger partial charge in [-0.15, -0.1) is 0 Å². The number of carbonyl (C=O) groups excluding carboxylic acids is 2. The number of hydrogen-bond donors (Lipinski definition) is 2. The van der Waals surface area contributed by atoms with Gasteiger partial charge in [-0.05, 0) is 60.9 Å². The number of carbonyl (C=O) groups is 2. The minimum atomic E-state index is -0.188. The van der Waals surface area contributed by atoms with Crippen molar-refractivity contribution in [1.29, 1.82) is 0 Å². The molecule has 3 aromatic rings. The van der Waals surface area contributed by atoms with E-state index >= 15 is 0 Å². The van der Waals surface area contributed by atoms with E-state index in [0.29, 0.717) is 56.4 Å². The molecule has 1 aliphatic heterocycles. The third kappa shape index (κ3) is 7.09. The van der Waals surface area contributed by atoms with Gasteiger partial charge in [0.05, 0.1) is 18.8 Å². The Balaban J connectivity index is 1.38. The predicted molar refractivity (Wildman–Crippen MR) is 152 cm³/mol. The minimum Gasteiger partial charge on any atom is -0.507 e. The average Bonchev–Trinajstić information content (AvgIpc) is 3.28. The SMILES string of the molecule is Cc1cc(C(=O)NCc2ccccc2-c2ccc(C(C)(C)CCCCC(=O)N3CCOCC3)cc2O)c(C)o1. The zero-order valence-corrected chi connectivity index (χ0v) is 23.5. The molecule has 2 aromatic carbocycles. The van der Waals surface area contributed by atoms with Crippen LogP contribution in [0, 0.1) is 13.8 Å². The molecular formula is C32H40N2O5. The van der Waals surface area contributed by atoms with Gasteiger partial charge in [-0.2, -0.15) is 0 Å². The Morgan fingerprint density at radius 2 is 1.74 bits per heavy atom. The van der Waals surface area contributed by atoms with Crippen LogP contribution in [0.4, 0.5) is 0 Å². The molecule has 1 fully saturated rings. The Bertz CT molecular complexity index is 1300. The summed E-state index contributed by atoms with van der Waals surface area (Å²) in [7, 11) is 0. The van der Waals surface area contributed by atoms with Crippen molar-refractivity contribution < 1.29 is 23.8 Å². The Morgan fingerprint density at radius 1 is 1.00 bits per heavy atom. The monoisotopic (exact) mass is 532 g/mol. The van der Waals surface area contributed by atoms with E-state index in [2.05, 4.69) is 25.2 Å². The Kier molecular flexibility index (Phi) is 9.12. The van der Waals surface area contributed by atoms with Crippen molar-refractivity contribution in [1.82, 2.24) is 10.2 Å². The van der Waals surface area contributed by atoms with E-state index in [1.165, 1.54) is 0 Å². The van der Waals surface area contributed by atoms with E-state index < -0.39 is 0 Å². The summed E-state index contributed by atoms with van der Waals surface area (Å²) in [5.41, 5.74) is 3.96. The molecule has 0 saturated carbocycles. The third-order valence-electron chi connectivity index (χ3n) is 7.62. The number of amides is 2. The van der Waals surface area contributed by atoms with E-state index in [1.807, 2.05) is 48.2 Å². The molecule has 39 heavy (non-hydrogen) atoms. The molecule has 0 spiro atoms. The van der Waals surface area contributed by atoms with Gasteiger partial charge in [-0.25, -0.2) is 0 Å². The Labute approximate surface area is 231 Å². The summed E-state index contributed by atoms with van der Waals surface area (Å²) < 4.78 is 10.8. The summed E-state index contributed by atoms with van der Waals surface area (Å²) in [6.45, 7) is 10.9. The Hall–Kier alpha value is -3.58. The van der Waals surface area contributed by atoms with Gasteiger partial charge in [-0.3, -0.25) is 9.59 Å². The molecule has 0 unspecified atom stereocenters. The first-order valence-corrected chi connectivity index (χ1v) is 13.8. The first kappa shape index (κ1) is 28.4. The van der Waals surface area contributed by atoms with Crippen LogP contribution < -0.4 is 5.32 Å². The average molecular weight is 533 g/mol. The molecule has 4 rings (SSSR count). The van der Waals surface area contributed by atoms with Crippen molar-refractivity contribution in [2.24, 2.45) is 0 Å². The van der Waals surface area contributed by atoms with Crippen molar-refractivity contribution >= 4 is 11.8 Å². The molecule has 2 N–H and O–H groups in total. The second-order valence-corrected chi connectivity index (χ2v) is 11.0. The fraction of sp³-hybridized carbons (Fsp3) is 0.438. The van der Waals surface area contributed by atoms with Crippen LogP contribution in [0.15, 0.2) is 52.9 Å². The maximum Gasteiger partial charge on any atom is 0.255 e. The summed E-state index contributed by atoms with van der Waals surface area (Å²) in [5.74, 6) is 1.53. The number of unbranched alkanes of at least 4 members (excludes halogenated alkanes) is 1. The molecule has 1 aromatic heterocycles. The van der Waals surface area contributed by atoms with E-state index in [0.717, 1.165) is 41.5 Å². The van der Waals surface area contributed by atoms with Crippen LogP contribution in [-0.4, -0.2) is 48.1 Å². The summed E-state index contributed by atoms with van der Waals surface area (Å²) in [6, 6.07) is 15.4. The van der Waals surface area contributed by atoms with E-state index in [9.17, 15) is 14.7 Å². The highest BCUT2D eigenvalue weighted by atomic mass is 16.5. The number of nitrogens with one attached hydrogen (secondary N) is 1. The third-order valence-corrected chi connectivity index (χ3v) is 7.62. The number of hydrogen-bond acceptors (Lipinski definition) is 5. The van der Waals surface area contributed by atoms with Crippen LogP contribution in [0.2, 0.25) is 0 Å². The summed E-state index contributed by atoms with van der Waals surface area (Å²) >= 11 is 0. The van der Waals surface area contributed by atoms with Gasteiger partial charge in [0, 0.05) is 31.6 Å². The molecule has 0 radical (unpaired) electrons. The van der Waals surface area contributed by atoms with Crippen molar-refractivity contribution in [3.05, 3.63) is 76.7 Å².